The molecule has 0 radical (unpaired) electrons. The topological polar surface area (TPSA) is 0 Å². The van der Waals surface area contributed by atoms with Crippen LogP contribution in [0.1, 0.15) is 58.9 Å². The molecule has 0 amide bonds. The van der Waals surface area contributed by atoms with Crippen molar-refractivity contribution in [2.75, 3.05) is 0 Å². The number of fused-ring (bicyclic) bond motifs is 3. The first-order valence-electron chi connectivity index (χ1n) is 11.3. The molecule has 5 rings (SSSR count). The molecule has 151 valence electrons. The quantitative estimate of drug-likeness (QED) is 0.284. The molecule has 2 aliphatic rings. The summed E-state index contributed by atoms with van der Waals surface area (Å²) in [6.07, 6.45) is 11.7. The minimum atomic E-state index is 0.526. The summed E-state index contributed by atoms with van der Waals surface area (Å²) in [6.45, 7) is 0. The molecule has 0 heterocycles. The summed E-state index contributed by atoms with van der Waals surface area (Å²) < 4.78 is 3.30. The second-order valence-electron chi connectivity index (χ2n) is 8.76. The zero-order valence-electron chi connectivity index (χ0n) is 17.7. The molecular weight excluding hydrogens is 411 g/mol. The van der Waals surface area contributed by atoms with Gasteiger partial charge in [-0.1, -0.05) is 0 Å². The minimum absolute atomic E-state index is 0.526. The van der Waals surface area contributed by atoms with Gasteiger partial charge in [0, 0.05) is 0 Å². The molecule has 3 aromatic rings. The Hall–Kier alpha value is -2.41. The van der Waals surface area contributed by atoms with E-state index >= 15 is 0 Å². The van der Waals surface area contributed by atoms with Gasteiger partial charge in [0.15, 0.2) is 0 Å². The van der Waals surface area contributed by atoms with Crippen LogP contribution in [-0.4, -0.2) is 4.73 Å². The van der Waals surface area contributed by atoms with Crippen LogP contribution in [0.15, 0.2) is 96.6 Å². The average Bonchev–Trinajstić information content (AvgIpc) is 3.40. The van der Waals surface area contributed by atoms with Gasteiger partial charge in [0.05, 0.1) is 0 Å². The molecule has 31 heavy (non-hydrogen) atoms. The molecule has 1 heteroatoms. The first-order valence-corrected chi connectivity index (χ1v) is 12.0. The summed E-state index contributed by atoms with van der Waals surface area (Å²) in [6, 6.07) is 28.8. The van der Waals surface area contributed by atoms with E-state index in [0.29, 0.717) is 5.92 Å². The van der Waals surface area contributed by atoms with E-state index in [-0.39, 0.29) is 0 Å². The van der Waals surface area contributed by atoms with Crippen molar-refractivity contribution in [1.82, 2.24) is 0 Å². The fourth-order valence-corrected chi connectivity index (χ4v) is 5.94. The number of hydrogen-bond acceptors (Lipinski definition) is 0. The summed E-state index contributed by atoms with van der Waals surface area (Å²) >= 11 is 2.48. The van der Waals surface area contributed by atoms with Gasteiger partial charge in [0.25, 0.3) is 0 Å². The van der Waals surface area contributed by atoms with Gasteiger partial charge < -0.3 is 0 Å². The average molecular weight is 438 g/mol. The fraction of sp³-hybridized carbons (Fsp3) is 0.233. The number of allylic oxidation sites excluding steroid dienone is 3. The van der Waals surface area contributed by atoms with Crippen LogP contribution < -0.4 is 0 Å². The van der Waals surface area contributed by atoms with Crippen LogP contribution in [0.25, 0.3) is 6.08 Å². The Kier molecular flexibility index (Phi) is 6.21. The summed E-state index contributed by atoms with van der Waals surface area (Å²) in [4.78, 5) is 0. The monoisotopic (exact) mass is 438 g/mol. The van der Waals surface area contributed by atoms with E-state index in [2.05, 4.69) is 119 Å². The zero-order chi connectivity index (χ0) is 21.0. The van der Waals surface area contributed by atoms with Crippen LogP contribution in [0.2, 0.25) is 0 Å². The molecular formula is C30H27V+. The Morgan fingerprint density at radius 3 is 2.35 bits per heavy atom. The van der Waals surface area contributed by atoms with Crippen LogP contribution in [-0.2, 0) is 23.4 Å². The van der Waals surface area contributed by atoms with Crippen molar-refractivity contribution in [2.24, 2.45) is 5.92 Å². The summed E-state index contributed by atoms with van der Waals surface area (Å²) in [7, 11) is 0. The van der Waals surface area contributed by atoms with E-state index in [1.807, 2.05) is 0 Å². The normalized spacial score (nSPS) is 22.5. The van der Waals surface area contributed by atoms with Gasteiger partial charge in [-0.05, 0) is 0 Å². The van der Waals surface area contributed by atoms with E-state index in [1.54, 1.807) is 11.1 Å². The first kappa shape index (κ1) is 20.5. The van der Waals surface area contributed by atoms with E-state index in [9.17, 15) is 0 Å². The Morgan fingerprint density at radius 2 is 1.55 bits per heavy atom. The van der Waals surface area contributed by atoms with Gasteiger partial charge >= 0.3 is 196 Å². The van der Waals surface area contributed by atoms with Gasteiger partial charge in [0.2, 0.25) is 0 Å². The Bertz CT molecular complexity index is 1120. The number of rotatable bonds is 6. The maximum atomic E-state index is 3.30. The van der Waals surface area contributed by atoms with Gasteiger partial charge in [-0.25, -0.2) is 0 Å². The third kappa shape index (κ3) is 4.20. The van der Waals surface area contributed by atoms with E-state index in [1.165, 1.54) is 41.5 Å². The van der Waals surface area contributed by atoms with Crippen LogP contribution in [0.5, 0.6) is 0 Å². The van der Waals surface area contributed by atoms with Gasteiger partial charge in [-0.2, -0.15) is 0 Å². The molecule has 0 N–H and O–H groups in total. The fourth-order valence-electron chi connectivity index (χ4n) is 5.70. The predicted molar refractivity (Wildman–Crippen MR) is 127 cm³/mol. The van der Waals surface area contributed by atoms with Crippen LogP contribution in [0.3, 0.4) is 0 Å². The summed E-state index contributed by atoms with van der Waals surface area (Å²) in [5, 5.41) is 0. The maximum absolute atomic E-state index is 3.30. The van der Waals surface area contributed by atoms with Gasteiger partial charge in [-0.15, -0.1) is 0 Å². The van der Waals surface area contributed by atoms with E-state index < -0.39 is 0 Å². The second-order valence-corrected chi connectivity index (χ2v) is 9.11. The van der Waals surface area contributed by atoms with E-state index in [4.69, 9.17) is 0 Å². The molecule has 1 saturated carbocycles. The van der Waals surface area contributed by atoms with Crippen molar-refractivity contribution < 1.29 is 17.0 Å². The SMILES string of the molecule is [V+2]=[C-]C(=CC=Cc1ccccc1C1c2ccccc2C2CCCC21)Cc1ccccc1. The molecule has 0 bridgehead atoms. The molecule has 3 aromatic carbocycles. The predicted octanol–water partition coefficient (Wildman–Crippen LogP) is 7.12. The number of hydrogen-bond donors (Lipinski definition) is 0. The molecule has 2 aliphatic carbocycles. The molecule has 3 atom stereocenters. The van der Waals surface area contributed by atoms with Gasteiger partial charge in [-0.3, -0.25) is 0 Å². The van der Waals surface area contributed by atoms with Gasteiger partial charge in [0.1, 0.15) is 0 Å². The van der Waals surface area contributed by atoms with Crippen molar-refractivity contribution in [3.63, 3.8) is 0 Å². The Morgan fingerprint density at radius 1 is 0.839 bits per heavy atom. The Labute approximate surface area is 195 Å². The molecule has 0 saturated heterocycles. The Balaban J connectivity index is 1.44. The second kappa shape index (κ2) is 9.39. The third-order valence-electron chi connectivity index (χ3n) is 7.01. The molecule has 1 fully saturated rings. The van der Waals surface area contributed by atoms with Crippen LogP contribution in [0, 0.1) is 5.92 Å². The molecule has 0 aliphatic heterocycles. The summed E-state index contributed by atoms with van der Waals surface area (Å²) in [5.74, 6) is 2.03. The molecule has 3 unspecified atom stereocenters. The van der Waals surface area contributed by atoms with Crippen molar-refractivity contribution >= 4 is 10.8 Å². The number of benzene rings is 3. The third-order valence-corrected chi connectivity index (χ3v) is 7.46. The van der Waals surface area contributed by atoms with Crippen LogP contribution >= 0.6 is 0 Å². The van der Waals surface area contributed by atoms with Crippen molar-refractivity contribution in [2.45, 2.75) is 37.5 Å². The first-order chi connectivity index (χ1) is 15.3. The molecule has 0 aromatic heterocycles. The van der Waals surface area contributed by atoms with Crippen molar-refractivity contribution in [3.05, 3.63) is 124 Å². The van der Waals surface area contributed by atoms with Crippen molar-refractivity contribution in [1.29, 1.82) is 0 Å². The molecule has 0 nitrogen and oxygen atoms in total. The molecule has 0 spiro atoms. The standard InChI is InChI=1S/C30H27.V/c1-22(21-23-12-3-2-4-13-23)11-9-15-24-14-5-6-16-25(24)30-28-18-8-7-17-26(28)27-19-10-20-29(27)30;/h2-9,11-18,27,29-30H,10,19-21H2;/q-1;+2. The van der Waals surface area contributed by atoms with Crippen LogP contribution in [0.4, 0.5) is 0 Å². The summed E-state index contributed by atoms with van der Waals surface area (Å²) in [5.41, 5.74) is 8.50. The van der Waals surface area contributed by atoms with E-state index in [0.717, 1.165) is 18.3 Å². The zero-order valence-corrected chi connectivity index (χ0v) is 19.1. The van der Waals surface area contributed by atoms with Crippen molar-refractivity contribution in [3.8, 4) is 0 Å².